The minimum absolute atomic E-state index is 0.178. The Morgan fingerprint density at radius 1 is 1.21 bits per heavy atom. The quantitative estimate of drug-likeness (QED) is 0.361. The molecule has 3 aromatic rings. The number of thiophene rings is 1. The molecule has 24 heavy (non-hydrogen) atoms. The average molecular weight is 516 g/mol. The third kappa shape index (κ3) is 3.70. The molecule has 0 saturated carbocycles. The number of benzene rings is 1. The van der Waals surface area contributed by atoms with Crippen molar-refractivity contribution in [2.75, 3.05) is 0 Å². The molecule has 0 N–H and O–H groups in total. The molecule has 1 aromatic carbocycles. The zero-order valence-electron chi connectivity index (χ0n) is 12.9. The maximum Gasteiger partial charge on any atom is 0.186 e. The summed E-state index contributed by atoms with van der Waals surface area (Å²) < 4.78 is 17.2. The fourth-order valence-corrected chi connectivity index (χ4v) is 4.71. The van der Waals surface area contributed by atoms with Gasteiger partial charge >= 0.3 is 0 Å². The number of hydrogen-bond donors (Lipinski definition) is 0. The molecule has 0 spiro atoms. The smallest absolute Gasteiger partial charge is 0.186 e. The molecule has 9 heteroatoms. The molecular weight excluding hydrogens is 504 g/mol. The molecule has 0 aliphatic rings. The normalized spacial score (nSPS) is 10.5. The van der Waals surface area contributed by atoms with E-state index in [4.69, 9.17) is 23.2 Å². The number of nitrogens with zero attached hydrogens (tertiary/aromatic N) is 3. The number of hydrogen-bond acceptors (Lipinski definition) is 3. The van der Waals surface area contributed by atoms with Gasteiger partial charge in [0.05, 0.1) is 28.7 Å². The summed E-state index contributed by atoms with van der Waals surface area (Å²) in [6.07, 6.45) is 0. The van der Waals surface area contributed by atoms with Gasteiger partial charge in [-0.2, -0.15) is 5.10 Å². The molecule has 2 heterocycles. The number of aromatic nitrogens is 3. The molecule has 0 unspecified atom stereocenters. The summed E-state index contributed by atoms with van der Waals surface area (Å²) in [5, 5.41) is 5.04. The Labute approximate surface area is 170 Å². The summed E-state index contributed by atoms with van der Waals surface area (Å²) in [5.74, 6) is 0.289. The van der Waals surface area contributed by atoms with Crippen molar-refractivity contribution in [3.8, 4) is 22.1 Å². The molecule has 0 aliphatic heterocycles. The number of halogens is 5. The maximum absolute atomic E-state index is 14.0. The monoisotopic (exact) mass is 513 g/mol. The minimum Gasteiger partial charge on any atom is -0.248 e. The van der Waals surface area contributed by atoms with Gasteiger partial charge in [0.15, 0.2) is 11.6 Å². The van der Waals surface area contributed by atoms with Crippen LogP contribution in [-0.4, -0.2) is 14.8 Å². The van der Waals surface area contributed by atoms with Gasteiger partial charge < -0.3 is 0 Å². The molecular formula is C15H12Br2Cl2FN3S. The predicted octanol–water partition coefficient (Wildman–Crippen LogP) is 7.21. The van der Waals surface area contributed by atoms with Crippen molar-refractivity contribution in [1.29, 1.82) is 0 Å². The van der Waals surface area contributed by atoms with E-state index in [1.165, 1.54) is 23.5 Å². The fourth-order valence-electron chi connectivity index (χ4n) is 1.91. The number of rotatable bonds is 2. The van der Waals surface area contributed by atoms with Crippen LogP contribution in [0.15, 0.2) is 26.5 Å². The molecule has 0 bridgehead atoms. The van der Waals surface area contributed by atoms with Gasteiger partial charge in [0, 0.05) is 7.05 Å². The second-order valence-corrected chi connectivity index (χ2v) is 8.23. The van der Waals surface area contributed by atoms with Gasteiger partial charge in [-0.1, -0.05) is 43.1 Å². The molecule has 0 saturated heterocycles. The second-order valence-electron chi connectivity index (χ2n) is 4.31. The molecule has 0 fully saturated rings. The van der Waals surface area contributed by atoms with Crippen LogP contribution < -0.4 is 0 Å². The van der Waals surface area contributed by atoms with Gasteiger partial charge in [-0.25, -0.2) is 14.1 Å². The first-order valence-electron chi connectivity index (χ1n) is 6.89. The lowest BCUT2D eigenvalue weighted by Gasteiger charge is -1.99. The minimum atomic E-state index is -0.468. The lowest BCUT2D eigenvalue weighted by molar-refractivity contribution is 0.629. The van der Waals surface area contributed by atoms with Crippen LogP contribution >= 0.6 is 66.4 Å². The highest BCUT2D eigenvalue weighted by atomic mass is 79.9. The van der Waals surface area contributed by atoms with E-state index in [1.807, 2.05) is 13.8 Å². The lowest BCUT2D eigenvalue weighted by atomic mass is 10.2. The highest BCUT2D eigenvalue weighted by Gasteiger charge is 2.22. The van der Waals surface area contributed by atoms with E-state index in [9.17, 15) is 4.39 Å². The Morgan fingerprint density at radius 3 is 2.42 bits per heavy atom. The van der Waals surface area contributed by atoms with Crippen LogP contribution in [0.2, 0.25) is 10.0 Å². The Morgan fingerprint density at radius 2 is 1.88 bits per heavy atom. The first-order chi connectivity index (χ1) is 11.4. The van der Waals surface area contributed by atoms with Gasteiger partial charge in [-0.3, -0.25) is 0 Å². The van der Waals surface area contributed by atoms with E-state index >= 15 is 0 Å². The van der Waals surface area contributed by atoms with E-state index in [1.54, 1.807) is 17.8 Å². The van der Waals surface area contributed by atoms with Crippen molar-refractivity contribution in [2.24, 2.45) is 7.05 Å². The summed E-state index contributed by atoms with van der Waals surface area (Å²) in [7, 11) is 1.72. The average Bonchev–Trinajstić information content (AvgIpc) is 3.04. The van der Waals surface area contributed by atoms with Gasteiger partial charge in [0.2, 0.25) is 0 Å². The molecule has 0 aliphatic carbocycles. The van der Waals surface area contributed by atoms with Crippen molar-refractivity contribution in [1.82, 2.24) is 14.8 Å². The SMILES string of the molecule is CC.Cn1nc(-c2c(F)cccc2Cl)nc1-c1sc(Br)c(Br)c1Cl. The summed E-state index contributed by atoms with van der Waals surface area (Å²) in [6.45, 7) is 4.00. The first-order valence-corrected chi connectivity index (χ1v) is 10.0. The van der Waals surface area contributed by atoms with Crippen molar-refractivity contribution in [2.45, 2.75) is 13.8 Å². The van der Waals surface area contributed by atoms with Crippen LogP contribution in [0, 0.1) is 5.82 Å². The van der Waals surface area contributed by atoms with Crippen LogP contribution in [0.5, 0.6) is 0 Å². The summed E-state index contributed by atoms with van der Waals surface area (Å²) in [6, 6.07) is 4.46. The molecule has 3 nitrogen and oxygen atoms in total. The summed E-state index contributed by atoms with van der Waals surface area (Å²) in [5.41, 5.74) is 0.178. The van der Waals surface area contributed by atoms with E-state index in [0.29, 0.717) is 10.8 Å². The van der Waals surface area contributed by atoms with Crippen molar-refractivity contribution >= 4 is 66.4 Å². The third-order valence-electron chi connectivity index (χ3n) is 2.91. The van der Waals surface area contributed by atoms with Gasteiger partial charge in [0.25, 0.3) is 0 Å². The summed E-state index contributed by atoms with van der Waals surface area (Å²) in [4.78, 5) is 5.13. The van der Waals surface area contributed by atoms with Gasteiger partial charge in [0.1, 0.15) is 5.82 Å². The Bertz CT molecular complexity index is 860. The zero-order chi connectivity index (χ0) is 18.0. The van der Waals surface area contributed by atoms with Crippen molar-refractivity contribution < 1.29 is 4.39 Å². The number of aryl methyl sites for hydroxylation is 1. The van der Waals surface area contributed by atoms with Crippen LogP contribution in [-0.2, 0) is 7.05 Å². The first kappa shape index (κ1) is 19.8. The maximum atomic E-state index is 14.0. The van der Waals surface area contributed by atoms with Gasteiger partial charge in [-0.15, -0.1) is 11.3 Å². The van der Waals surface area contributed by atoms with E-state index in [0.717, 1.165) is 13.1 Å². The van der Waals surface area contributed by atoms with E-state index in [-0.39, 0.29) is 16.4 Å². The van der Waals surface area contributed by atoms with Crippen LogP contribution in [0.3, 0.4) is 0 Å². The predicted molar refractivity (Wildman–Crippen MR) is 106 cm³/mol. The topological polar surface area (TPSA) is 30.7 Å². The van der Waals surface area contributed by atoms with Crippen LogP contribution in [0.4, 0.5) is 4.39 Å². The highest BCUT2D eigenvalue weighted by molar-refractivity contribution is 9.13. The van der Waals surface area contributed by atoms with Crippen LogP contribution in [0.1, 0.15) is 13.8 Å². The fraction of sp³-hybridized carbons (Fsp3) is 0.200. The van der Waals surface area contributed by atoms with Gasteiger partial charge in [-0.05, 0) is 44.0 Å². The lowest BCUT2D eigenvalue weighted by Crippen LogP contribution is -1.93. The third-order valence-corrected chi connectivity index (χ3v) is 7.39. The van der Waals surface area contributed by atoms with E-state index < -0.39 is 5.82 Å². The van der Waals surface area contributed by atoms with E-state index in [2.05, 4.69) is 41.9 Å². The standard InChI is InChI=1S/C13H6Br2Cl2FN3S.C2H6/c1-21-13(10-9(17)8(14)11(15)22-10)19-12(20-21)7-5(16)3-2-4-6(7)18;1-2/h2-4H,1H3;1-2H3. The summed E-state index contributed by atoms with van der Waals surface area (Å²) >= 11 is 20.6. The van der Waals surface area contributed by atoms with Crippen LogP contribution in [0.25, 0.3) is 22.1 Å². The molecule has 0 amide bonds. The largest absolute Gasteiger partial charge is 0.248 e. The highest BCUT2D eigenvalue weighted by Crippen LogP contribution is 2.45. The molecule has 3 rings (SSSR count). The van der Waals surface area contributed by atoms with Crippen molar-refractivity contribution in [3.63, 3.8) is 0 Å². The Balaban J connectivity index is 0.00000100. The Kier molecular flexibility index (Phi) is 6.84. The molecule has 128 valence electrons. The van der Waals surface area contributed by atoms with Crippen molar-refractivity contribution in [3.05, 3.63) is 42.3 Å². The molecule has 2 aromatic heterocycles. The molecule has 0 atom stereocenters. The Hall–Kier alpha value is -0.470. The zero-order valence-corrected chi connectivity index (χ0v) is 18.4. The molecule has 0 radical (unpaired) electrons. The second kappa shape index (κ2) is 8.27.